The van der Waals surface area contributed by atoms with E-state index >= 15 is 0 Å². The van der Waals surface area contributed by atoms with Crippen molar-refractivity contribution >= 4 is 27.5 Å². The molecule has 8 nitrogen and oxygen atoms in total. The molecular weight excluding hydrogens is 394 g/mol. The maximum Gasteiger partial charge on any atom is 0.241 e. The number of sulfonamides is 1. The molecule has 1 aromatic rings. The first-order valence-corrected chi connectivity index (χ1v) is 11.4. The van der Waals surface area contributed by atoms with Crippen molar-refractivity contribution in [2.24, 2.45) is 0 Å². The number of benzene rings is 1. The van der Waals surface area contributed by atoms with Gasteiger partial charge in [0.05, 0.1) is 18.1 Å². The Labute approximate surface area is 172 Å². The summed E-state index contributed by atoms with van der Waals surface area (Å²) in [5.74, 6) is -0.149. The highest BCUT2D eigenvalue weighted by Gasteiger charge is 2.28. The molecule has 1 aromatic carbocycles. The number of anilines is 1. The Bertz CT molecular complexity index is 886. The van der Waals surface area contributed by atoms with Gasteiger partial charge in [0.1, 0.15) is 0 Å². The molecule has 9 heteroatoms. The zero-order chi connectivity index (χ0) is 21.2. The van der Waals surface area contributed by atoms with Crippen molar-refractivity contribution in [3.8, 4) is 0 Å². The summed E-state index contributed by atoms with van der Waals surface area (Å²) in [5.41, 5.74) is 0.977. The van der Waals surface area contributed by atoms with E-state index in [4.69, 9.17) is 4.74 Å². The molecule has 0 aromatic heterocycles. The fourth-order valence-electron chi connectivity index (χ4n) is 3.59. The van der Waals surface area contributed by atoms with E-state index in [2.05, 4.69) is 4.72 Å². The van der Waals surface area contributed by atoms with Crippen LogP contribution in [0.5, 0.6) is 0 Å². The first-order chi connectivity index (χ1) is 13.6. The lowest BCUT2D eigenvalue weighted by Crippen LogP contribution is -2.41. The number of hydrogen-bond acceptors (Lipinski definition) is 5. The Morgan fingerprint density at radius 1 is 1.07 bits per heavy atom. The molecule has 2 aliphatic rings. The Hall–Kier alpha value is -1.97. The fraction of sp³-hybridized carbons (Fsp3) is 0.600. The van der Waals surface area contributed by atoms with E-state index in [1.54, 1.807) is 42.7 Å². The average molecular weight is 424 g/mol. The maximum absolute atomic E-state index is 12.7. The first kappa shape index (κ1) is 21.7. The van der Waals surface area contributed by atoms with Crippen molar-refractivity contribution < 1.29 is 22.7 Å². The number of hydrogen-bond donors (Lipinski definition) is 1. The minimum atomic E-state index is -3.63. The van der Waals surface area contributed by atoms with Gasteiger partial charge in [0.15, 0.2) is 0 Å². The molecule has 0 atom stereocenters. The molecule has 1 fully saturated rings. The van der Waals surface area contributed by atoms with Crippen LogP contribution < -0.4 is 9.62 Å². The summed E-state index contributed by atoms with van der Waals surface area (Å²) < 4.78 is 33.0. The molecule has 0 saturated carbocycles. The summed E-state index contributed by atoms with van der Waals surface area (Å²) in [5, 5.41) is 0. The maximum atomic E-state index is 12.7. The Balaban J connectivity index is 1.65. The van der Waals surface area contributed by atoms with Crippen molar-refractivity contribution in [2.75, 3.05) is 37.7 Å². The topological polar surface area (TPSA) is 96.0 Å². The molecule has 0 radical (unpaired) electrons. The molecule has 2 amide bonds. The number of nitrogens with zero attached hydrogens (tertiary/aromatic N) is 2. The molecule has 1 saturated heterocycles. The van der Waals surface area contributed by atoms with Crippen LogP contribution >= 0.6 is 0 Å². The molecule has 3 rings (SSSR count). The second-order valence-electron chi connectivity index (χ2n) is 8.43. The molecule has 0 spiro atoms. The van der Waals surface area contributed by atoms with Gasteiger partial charge in [-0.05, 0) is 51.0 Å². The van der Waals surface area contributed by atoms with E-state index in [1.807, 2.05) is 0 Å². The van der Waals surface area contributed by atoms with Crippen LogP contribution in [0.4, 0.5) is 5.69 Å². The highest BCUT2D eigenvalue weighted by Crippen LogP contribution is 2.31. The number of morpholine rings is 1. The summed E-state index contributed by atoms with van der Waals surface area (Å²) in [6, 6.07) is 4.84. The first-order valence-electron chi connectivity index (χ1n) is 9.90. The van der Waals surface area contributed by atoms with Gasteiger partial charge in [-0.15, -0.1) is 0 Å². The number of amides is 2. The molecule has 0 aliphatic carbocycles. The van der Waals surface area contributed by atoms with E-state index in [9.17, 15) is 18.0 Å². The summed E-state index contributed by atoms with van der Waals surface area (Å²) >= 11 is 0. The molecule has 2 aliphatic heterocycles. The van der Waals surface area contributed by atoms with Crippen LogP contribution in [0.25, 0.3) is 0 Å². The van der Waals surface area contributed by atoms with Crippen LogP contribution in [0.1, 0.15) is 39.2 Å². The molecular formula is C20H29N3O5S. The molecule has 29 heavy (non-hydrogen) atoms. The summed E-state index contributed by atoms with van der Waals surface area (Å²) in [6.07, 6.45) is 0.908. The number of ether oxygens (including phenoxy) is 1. The van der Waals surface area contributed by atoms with E-state index in [1.165, 1.54) is 6.07 Å². The van der Waals surface area contributed by atoms with Crippen LogP contribution in [0, 0.1) is 0 Å². The smallest absolute Gasteiger partial charge is 0.241 e. The van der Waals surface area contributed by atoms with Gasteiger partial charge >= 0.3 is 0 Å². The largest absolute Gasteiger partial charge is 0.378 e. The van der Waals surface area contributed by atoms with Gasteiger partial charge < -0.3 is 14.5 Å². The van der Waals surface area contributed by atoms with Crippen molar-refractivity contribution in [2.45, 2.75) is 50.5 Å². The number of rotatable bonds is 5. The van der Waals surface area contributed by atoms with Crippen LogP contribution in [-0.4, -0.2) is 63.5 Å². The number of carbonyl (C=O) groups is 2. The Kier molecular flexibility index (Phi) is 6.30. The lowest BCUT2D eigenvalue weighted by atomic mass is 10.1. The third-order valence-corrected chi connectivity index (χ3v) is 6.67. The highest BCUT2D eigenvalue weighted by atomic mass is 32.2. The van der Waals surface area contributed by atoms with Gasteiger partial charge in [-0.1, -0.05) is 0 Å². The lowest BCUT2D eigenvalue weighted by molar-refractivity contribution is -0.136. The summed E-state index contributed by atoms with van der Waals surface area (Å²) in [7, 11) is -3.63. The monoisotopic (exact) mass is 423 g/mol. The minimum absolute atomic E-state index is 0.0317. The molecule has 160 valence electrons. The predicted molar refractivity (Wildman–Crippen MR) is 109 cm³/mol. The Morgan fingerprint density at radius 2 is 1.72 bits per heavy atom. The summed E-state index contributed by atoms with van der Waals surface area (Å²) in [6.45, 7) is 8.07. The number of fused-ring (bicyclic) bond motifs is 1. The van der Waals surface area contributed by atoms with Crippen LogP contribution in [0.15, 0.2) is 23.1 Å². The van der Waals surface area contributed by atoms with Gasteiger partial charge in [-0.3, -0.25) is 9.59 Å². The molecule has 2 heterocycles. The van der Waals surface area contributed by atoms with Crippen LogP contribution in [0.3, 0.4) is 0 Å². The van der Waals surface area contributed by atoms with E-state index in [-0.39, 0.29) is 29.6 Å². The van der Waals surface area contributed by atoms with Crippen LogP contribution in [0.2, 0.25) is 0 Å². The van der Waals surface area contributed by atoms with Crippen molar-refractivity contribution in [1.82, 2.24) is 9.62 Å². The number of carbonyl (C=O) groups excluding carboxylic acids is 2. The van der Waals surface area contributed by atoms with Crippen molar-refractivity contribution in [1.29, 1.82) is 0 Å². The highest BCUT2D eigenvalue weighted by molar-refractivity contribution is 7.89. The van der Waals surface area contributed by atoms with Crippen LogP contribution in [-0.2, 0) is 30.8 Å². The summed E-state index contributed by atoms with van der Waals surface area (Å²) in [4.78, 5) is 28.5. The second-order valence-corrected chi connectivity index (χ2v) is 10.1. The minimum Gasteiger partial charge on any atom is -0.378 e. The van der Waals surface area contributed by atoms with E-state index in [0.29, 0.717) is 39.3 Å². The third-order valence-electron chi connectivity index (χ3n) is 4.91. The fourth-order valence-corrected chi connectivity index (χ4v) is 5.05. The Morgan fingerprint density at radius 3 is 2.38 bits per heavy atom. The second kappa shape index (κ2) is 8.41. The normalized spacial score (nSPS) is 17.3. The zero-order valence-corrected chi connectivity index (χ0v) is 18.0. The van der Waals surface area contributed by atoms with Gasteiger partial charge in [-0.25, -0.2) is 13.1 Å². The standard InChI is InChI=1S/C20H29N3O5S/c1-20(2,3)21-29(26,27)16-4-5-17-15(14-16)8-9-23(17)19(25)7-6-18(24)22-10-12-28-13-11-22/h4-5,14,21H,6-13H2,1-3H3. The SMILES string of the molecule is CC(C)(C)NS(=O)(=O)c1ccc2c(c1)CCN2C(=O)CCC(=O)N1CCOCC1. The van der Waals surface area contributed by atoms with Gasteiger partial charge in [-0.2, -0.15) is 0 Å². The molecule has 0 bridgehead atoms. The quantitative estimate of drug-likeness (QED) is 0.770. The van der Waals surface area contributed by atoms with Crippen molar-refractivity contribution in [3.63, 3.8) is 0 Å². The van der Waals surface area contributed by atoms with Gasteiger partial charge in [0.25, 0.3) is 0 Å². The lowest BCUT2D eigenvalue weighted by Gasteiger charge is -2.27. The van der Waals surface area contributed by atoms with E-state index in [0.717, 1.165) is 11.3 Å². The van der Waals surface area contributed by atoms with E-state index < -0.39 is 15.6 Å². The predicted octanol–water partition coefficient (Wildman–Crippen LogP) is 1.29. The molecule has 1 N–H and O–H groups in total. The molecule has 0 unspecified atom stereocenters. The van der Waals surface area contributed by atoms with Crippen molar-refractivity contribution in [3.05, 3.63) is 23.8 Å². The van der Waals surface area contributed by atoms with Gasteiger partial charge in [0.2, 0.25) is 21.8 Å². The number of nitrogens with one attached hydrogen (secondary N) is 1. The average Bonchev–Trinajstić information content (AvgIpc) is 3.08. The third kappa shape index (κ3) is 5.34. The van der Waals surface area contributed by atoms with Gasteiger partial charge in [0, 0.05) is 43.7 Å². The zero-order valence-electron chi connectivity index (χ0n) is 17.2.